The standard InChI is InChI=1S/C20H20F3NO3/c1-24(2)12-17(13-5-7-14(8-6-13)20(21,22)23)19(25)16-11-15(26-3)9-10-18(16)27-4/h5-12H,1-4H3. The summed E-state index contributed by atoms with van der Waals surface area (Å²) in [6, 6.07) is 9.26. The molecule has 2 rings (SSSR count). The number of carbonyl (C=O) groups excluding carboxylic acids is 1. The highest BCUT2D eigenvalue weighted by atomic mass is 19.4. The van der Waals surface area contributed by atoms with Gasteiger partial charge in [-0.15, -0.1) is 0 Å². The number of benzene rings is 2. The Bertz CT molecular complexity index is 841. The number of allylic oxidation sites excluding steroid dienone is 1. The number of ketones is 1. The number of Topliss-reactive ketones (excluding diaryl/α,β-unsaturated/α-hetero) is 1. The van der Waals surface area contributed by atoms with E-state index in [4.69, 9.17) is 9.47 Å². The minimum Gasteiger partial charge on any atom is -0.497 e. The topological polar surface area (TPSA) is 38.8 Å². The number of alkyl halides is 3. The van der Waals surface area contributed by atoms with E-state index in [1.54, 1.807) is 37.3 Å². The number of rotatable bonds is 6. The first kappa shape index (κ1) is 20.4. The largest absolute Gasteiger partial charge is 0.497 e. The van der Waals surface area contributed by atoms with Crippen LogP contribution in [0.4, 0.5) is 13.2 Å². The van der Waals surface area contributed by atoms with E-state index < -0.39 is 11.7 Å². The van der Waals surface area contributed by atoms with E-state index in [2.05, 4.69) is 0 Å². The Morgan fingerprint density at radius 3 is 2.11 bits per heavy atom. The first-order chi connectivity index (χ1) is 12.7. The van der Waals surface area contributed by atoms with Crippen molar-refractivity contribution in [3.05, 3.63) is 65.4 Å². The molecule has 0 aliphatic carbocycles. The number of nitrogens with zero attached hydrogens (tertiary/aromatic N) is 1. The van der Waals surface area contributed by atoms with Crippen LogP contribution in [0.3, 0.4) is 0 Å². The Balaban J connectivity index is 2.53. The van der Waals surface area contributed by atoms with Gasteiger partial charge in [-0.05, 0) is 35.9 Å². The molecule has 0 heterocycles. The number of carbonyl (C=O) groups is 1. The normalized spacial score (nSPS) is 11.9. The molecule has 0 aliphatic rings. The summed E-state index contributed by atoms with van der Waals surface area (Å²) in [6.07, 6.45) is -2.88. The van der Waals surface area contributed by atoms with E-state index >= 15 is 0 Å². The van der Waals surface area contributed by atoms with E-state index in [1.165, 1.54) is 32.4 Å². The molecule has 0 saturated carbocycles. The second kappa shape index (κ2) is 8.16. The Labute approximate surface area is 155 Å². The molecule has 7 heteroatoms. The van der Waals surface area contributed by atoms with E-state index in [9.17, 15) is 18.0 Å². The fourth-order valence-corrected chi connectivity index (χ4v) is 2.50. The fourth-order valence-electron chi connectivity index (χ4n) is 2.50. The van der Waals surface area contributed by atoms with E-state index in [-0.39, 0.29) is 16.9 Å². The SMILES string of the molecule is COc1ccc(OC)c(C(=O)C(=CN(C)C)c2ccc(C(F)(F)F)cc2)c1. The number of halogens is 3. The summed E-state index contributed by atoms with van der Waals surface area (Å²) in [7, 11) is 6.36. The summed E-state index contributed by atoms with van der Waals surface area (Å²) in [5.41, 5.74) is 0.0820. The lowest BCUT2D eigenvalue weighted by Gasteiger charge is -2.15. The van der Waals surface area contributed by atoms with Crippen LogP contribution in [0, 0.1) is 0 Å². The Kier molecular flexibility index (Phi) is 6.15. The average Bonchev–Trinajstić information content (AvgIpc) is 2.64. The van der Waals surface area contributed by atoms with Gasteiger partial charge < -0.3 is 14.4 Å². The molecule has 0 aromatic heterocycles. The van der Waals surface area contributed by atoms with Crippen molar-refractivity contribution in [3.63, 3.8) is 0 Å². The summed E-state index contributed by atoms with van der Waals surface area (Å²) in [6.45, 7) is 0. The lowest BCUT2D eigenvalue weighted by atomic mass is 9.95. The molecule has 0 atom stereocenters. The lowest BCUT2D eigenvalue weighted by molar-refractivity contribution is -0.137. The highest BCUT2D eigenvalue weighted by molar-refractivity contribution is 6.29. The quantitative estimate of drug-likeness (QED) is 0.547. The summed E-state index contributed by atoms with van der Waals surface area (Å²) in [5, 5.41) is 0. The van der Waals surface area contributed by atoms with Crippen LogP contribution in [0.25, 0.3) is 5.57 Å². The van der Waals surface area contributed by atoms with Crippen molar-refractivity contribution in [2.45, 2.75) is 6.18 Å². The van der Waals surface area contributed by atoms with E-state index in [0.29, 0.717) is 17.1 Å². The van der Waals surface area contributed by atoms with Crippen LogP contribution in [0.5, 0.6) is 11.5 Å². The lowest BCUT2D eigenvalue weighted by Crippen LogP contribution is -2.11. The highest BCUT2D eigenvalue weighted by Gasteiger charge is 2.30. The van der Waals surface area contributed by atoms with Gasteiger partial charge in [-0.25, -0.2) is 0 Å². The first-order valence-corrected chi connectivity index (χ1v) is 8.00. The van der Waals surface area contributed by atoms with Crippen LogP contribution < -0.4 is 9.47 Å². The molecule has 0 unspecified atom stereocenters. The highest BCUT2D eigenvalue weighted by Crippen LogP contribution is 2.32. The molecule has 2 aromatic carbocycles. The van der Waals surface area contributed by atoms with Gasteiger partial charge in [0.2, 0.25) is 0 Å². The summed E-state index contributed by atoms with van der Waals surface area (Å²) in [4.78, 5) is 14.8. The minimum atomic E-state index is -4.44. The molecule has 0 N–H and O–H groups in total. The zero-order valence-electron chi connectivity index (χ0n) is 15.4. The molecular formula is C20H20F3NO3. The van der Waals surface area contributed by atoms with Gasteiger partial charge in [0.15, 0.2) is 5.78 Å². The first-order valence-electron chi connectivity index (χ1n) is 8.00. The maximum absolute atomic E-state index is 13.2. The van der Waals surface area contributed by atoms with Crippen LogP contribution >= 0.6 is 0 Å². The van der Waals surface area contributed by atoms with Gasteiger partial charge in [-0.3, -0.25) is 4.79 Å². The second-order valence-corrected chi connectivity index (χ2v) is 5.98. The molecule has 0 spiro atoms. The second-order valence-electron chi connectivity index (χ2n) is 5.98. The van der Waals surface area contributed by atoms with Gasteiger partial charge in [0.1, 0.15) is 11.5 Å². The van der Waals surface area contributed by atoms with Gasteiger partial charge in [0.25, 0.3) is 0 Å². The average molecular weight is 379 g/mol. The third-order valence-electron chi connectivity index (χ3n) is 3.81. The van der Waals surface area contributed by atoms with E-state index in [0.717, 1.165) is 12.1 Å². The van der Waals surface area contributed by atoms with Gasteiger partial charge in [-0.2, -0.15) is 13.2 Å². The van der Waals surface area contributed by atoms with Crippen molar-refractivity contribution in [1.82, 2.24) is 4.90 Å². The smallest absolute Gasteiger partial charge is 0.416 e. The van der Waals surface area contributed by atoms with Crippen molar-refractivity contribution in [2.24, 2.45) is 0 Å². The Hall–Kier alpha value is -2.96. The molecule has 0 saturated heterocycles. The number of hydrogen-bond acceptors (Lipinski definition) is 4. The number of hydrogen-bond donors (Lipinski definition) is 0. The molecule has 27 heavy (non-hydrogen) atoms. The maximum Gasteiger partial charge on any atom is 0.416 e. The van der Waals surface area contributed by atoms with Gasteiger partial charge >= 0.3 is 6.18 Å². The molecule has 144 valence electrons. The van der Waals surface area contributed by atoms with Gasteiger partial charge in [-0.1, -0.05) is 12.1 Å². The predicted molar refractivity (Wildman–Crippen MR) is 97.0 cm³/mol. The molecule has 2 aromatic rings. The van der Waals surface area contributed by atoms with Gasteiger partial charge in [0.05, 0.1) is 25.3 Å². The number of methoxy groups -OCH3 is 2. The zero-order chi connectivity index (χ0) is 20.2. The number of ether oxygens (including phenoxy) is 2. The molecule has 0 radical (unpaired) electrons. The van der Waals surface area contributed by atoms with Crippen LogP contribution in [0.1, 0.15) is 21.5 Å². The molecule has 0 fully saturated rings. The summed E-state index contributed by atoms with van der Waals surface area (Å²) < 4.78 is 48.9. The van der Waals surface area contributed by atoms with E-state index in [1.807, 2.05) is 0 Å². The predicted octanol–water partition coefficient (Wildman–Crippen LogP) is 4.51. The van der Waals surface area contributed by atoms with Gasteiger partial charge in [0, 0.05) is 25.9 Å². The van der Waals surface area contributed by atoms with Crippen LogP contribution in [-0.4, -0.2) is 39.0 Å². The van der Waals surface area contributed by atoms with Crippen LogP contribution in [0.2, 0.25) is 0 Å². The third kappa shape index (κ3) is 4.81. The zero-order valence-corrected chi connectivity index (χ0v) is 15.4. The molecule has 4 nitrogen and oxygen atoms in total. The Morgan fingerprint density at radius 1 is 1.00 bits per heavy atom. The molecular weight excluding hydrogens is 359 g/mol. The van der Waals surface area contributed by atoms with Crippen molar-refractivity contribution in [2.75, 3.05) is 28.3 Å². The molecule has 0 amide bonds. The molecule has 0 bridgehead atoms. The van der Waals surface area contributed by atoms with Crippen LogP contribution in [-0.2, 0) is 6.18 Å². The molecule has 0 aliphatic heterocycles. The minimum absolute atomic E-state index is 0.236. The van der Waals surface area contributed by atoms with Crippen molar-refractivity contribution in [3.8, 4) is 11.5 Å². The summed E-state index contributed by atoms with van der Waals surface area (Å²) in [5.74, 6) is 0.423. The van der Waals surface area contributed by atoms with Crippen molar-refractivity contribution >= 4 is 11.4 Å². The monoisotopic (exact) mass is 379 g/mol. The Morgan fingerprint density at radius 2 is 1.63 bits per heavy atom. The van der Waals surface area contributed by atoms with Crippen molar-refractivity contribution in [1.29, 1.82) is 0 Å². The third-order valence-corrected chi connectivity index (χ3v) is 3.81. The fraction of sp³-hybridized carbons (Fsp3) is 0.250. The van der Waals surface area contributed by atoms with Crippen LogP contribution in [0.15, 0.2) is 48.7 Å². The maximum atomic E-state index is 13.2. The summed E-state index contributed by atoms with van der Waals surface area (Å²) >= 11 is 0. The van der Waals surface area contributed by atoms with Crippen molar-refractivity contribution < 1.29 is 27.4 Å².